The van der Waals surface area contributed by atoms with Crippen LogP contribution in [-0.2, 0) is 4.79 Å². The molecule has 0 saturated carbocycles. The fourth-order valence-electron chi connectivity index (χ4n) is 3.92. The summed E-state index contributed by atoms with van der Waals surface area (Å²) in [5, 5.41) is 2.86. The van der Waals surface area contributed by atoms with Gasteiger partial charge in [0.15, 0.2) is 0 Å². The normalized spacial score (nSPS) is 18.4. The molecule has 0 atom stereocenters. The summed E-state index contributed by atoms with van der Waals surface area (Å²) >= 11 is 0. The summed E-state index contributed by atoms with van der Waals surface area (Å²) in [6.07, 6.45) is 0.798. The van der Waals surface area contributed by atoms with E-state index in [1.807, 2.05) is 27.7 Å². The lowest BCUT2D eigenvalue weighted by atomic mass is 9.87. The minimum atomic E-state index is -0.901. The van der Waals surface area contributed by atoms with E-state index in [2.05, 4.69) is 5.32 Å². The van der Waals surface area contributed by atoms with Crippen LogP contribution < -0.4 is 14.8 Å². The number of piperidine rings is 1. The molecule has 0 bridgehead atoms. The van der Waals surface area contributed by atoms with E-state index in [9.17, 15) is 14.4 Å². The molecule has 8 nitrogen and oxygen atoms in total. The first-order valence-electron chi connectivity index (χ1n) is 10.2. The number of imide groups is 1. The average molecular weight is 403 g/mol. The fraction of sp³-hybridized carbons (Fsp3) is 0.571. The molecule has 0 aliphatic carbocycles. The van der Waals surface area contributed by atoms with Gasteiger partial charge < -0.3 is 19.7 Å². The Morgan fingerprint density at radius 2 is 1.62 bits per heavy atom. The van der Waals surface area contributed by atoms with Gasteiger partial charge in [-0.2, -0.15) is 0 Å². The van der Waals surface area contributed by atoms with Crippen LogP contribution in [0.2, 0.25) is 0 Å². The molecule has 1 aromatic carbocycles. The Hall–Kier alpha value is -2.77. The quantitative estimate of drug-likeness (QED) is 0.737. The number of carbonyl (C=O) groups excluding carboxylic acids is 3. The summed E-state index contributed by atoms with van der Waals surface area (Å²) in [6, 6.07) is 4.64. The van der Waals surface area contributed by atoms with Gasteiger partial charge in [0.25, 0.3) is 11.8 Å². The van der Waals surface area contributed by atoms with E-state index in [1.165, 1.54) is 4.90 Å². The van der Waals surface area contributed by atoms with Gasteiger partial charge in [0.1, 0.15) is 17.0 Å². The van der Waals surface area contributed by atoms with E-state index in [-0.39, 0.29) is 23.9 Å². The summed E-state index contributed by atoms with van der Waals surface area (Å²) in [4.78, 5) is 41.1. The number of nitrogens with zero attached hydrogens (tertiary/aromatic N) is 2. The van der Waals surface area contributed by atoms with Crippen molar-refractivity contribution in [1.82, 2.24) is 15.1 Å². The molecule has 29 heavy (non-hydrogen) atoms. The first kappa shape index (κ1) is 21.0. The molecule has 3 rings (SSSR count). The number of urea groups is 1. The molecule has 0 aromatic heterocycles. The third kappa shape index (κ3) is 4.02. The Kier molecular flexibility index (Phi) is 6.00. The van der Waals surface area contributed by atoms with Crippen molar-refractivity contribution in [2.75, 3.05) is 26.3 Å². The lowest BCUT2D eigenvalue weighted by Gasteiger charge is -2.37. The Morgan fingerprint density at radius 1 is 1.07 bits per heavy atom. The van der Waals surface area contributed by atoms with Crippen LogP contribution in [0.5, 0.6) is 11.5 Å². The number of ether oxygens (including phenoxy) is 2. The highest BCUT2D eigenvalue weighted by molar-refractivity contribution is 6.07. The lowest BCUT2D eigenvalue weighted by Crippen LogP contribution is -2.56. The smallest absolute Gasteiger partial charge is 0.325 e. The van der Waals surface area contributed by atoms with Crippen LogP contribution in [0.3, 0.4) is 0 Å². The lowest BCUT2D eigenvalue weighted by molar-refractivity contribution is -0.133. The van der Waals surface area contributed by atoms with Crippen molar-refractivity contribution in [3.63, 3.8) is 0 Å². The number of hydrogen-bond acceptors (Lipinski definition) is 5. The van der Waals surface area contributed by atoms with Gasteiger partial charge in [0.2, 0.25) is 0 Å². The molecule has 1 aromatic rings. The van der Waals surface area contributed by atoms with Gasteiger partial charge >= 0.3 is 6.03 Å². The second-order valence-electron chi connectivity index (χ2n) is 7.63. The predicted octanol–water partition coefficient (Wildman–Crippen LogP) is 2.42. The van der Waals surface area contributed by atoms with E-state index in [4.69, 9.17) is 9.47 Å². The summed E-state index contributed by atoms with van der Waals surface area (Å²) in [7, 11) is 0. The van der Waals surface area contributed by atoms with Gasteiger partial charge in [0.05, 0.1) is 13.2 Å². The van der Waals surface area contributed by atoms with E-state index in [0.717, 1.165) is 0 Å². The van der Waals surface area contributed by atoms with E-state index in [0.29, 0.717) is 56.2 Å². The SMILES string of the molecule is CCOc1cc(OCC)cc(C(=O)N2CCC3(CC2)NC(=O)N(C(C)C)C3=O)c1. The summed E-state index contributed by atoms with van der Waals surface area (Å²) < 4.78 is 11.1. The molecule has 2 heterocycles. The maximum absolute atomic E-state index is 13.1. The largest absolute Gasteiger partial charge is 0.494 e. The van der Waals surface area contributed by atoms with Gasteiger partial charge in [-0.25, -0.2) is 4.79 Å². The van der Waals surface area contributed by atoms with E-state index >= 15 is 0 Å². The zero-order chi connectivity index (χ0) is 21.2. The Bertz CT molecular complexity index is 775. The maximum atomic E-state index is 13.1. The van der Waals surface area contributed by atoms with E-state index < -0.39 is 5.54 Å². The second-order valence-corrected chi connectivity index (χ2v) is 7.63. The number of rotatable bonds is 6. The Balaban J connectivity index is 1.74. The van der Waals surface area contributed by atoms with Crippen molar-refractivity contribution in [2.45, 2.75) is 52.1 Å². The number of amides is 4. The highest BCUT2D eigenvalue weighted by atomic mass is 16.5. The van der Waals surface area contributed by atoms with Crippen LogP contribution >= 0.6 is 0 Å². The van der Waals surface area contributed by atoms with E-state index in [1.54, 1.807) is 23.1 Å². The first-order valence-corrected chi connectivity index (χ1v) is 10.2. The van der Waals surface area contributed by atoms with Crippen molar-refractivity contribution in [3.05, 3.63) is 23.8 Å². The molecule has 2 saturated heterocycles. The zero-order valence-corrected chi connectivity index (χ0v) is 17.5. The summed E-state index contributed by atoms with van der Waals surface area (Å²) in [6.45, 7) is 9.15. The van der Waals surface area contributed by atoms with Gasteiger partial charge in [-0.15, -0.1) is 0 Å². The molecular formula is C21H29N3O5. The fourth-order valence-corrected chi connectivity index (χ4v) is 3.92. The number of benzene rings is 1. The van der Waals surface area contributed by atoms with Crippen LogP contribution in [0, 0.1) is 0 Å². The number of nitrogens with one attached hydrogen (secondary N) is 1. The zero-order valence-electron chi connectivity index (χ0n) is 17.5. The molecule has 2 fully saturated rings. The van der Waals surface area contributed by atoms with Crippen molar-refractivity contribution in [2.24, 2.45) is 0 Å². The van der Waals surface area contributed by atoms with Gasteiger partial charge in [-0.3, -0.25) is 14.5 Å². The van der Waals surface area contributed by atoms with Crippen LogP contribution in [0.1, 0.15) is 50.9 Å². The maximum Gasteiger partial charge on any atom is 0.325 e. The van der Waals surface area contributed by atoms with Crippen LogP contribution in [-0.4, -0.2) is 65.5 Å². The van der Waals surface area contributed by atoms with Gasteiger partial charge in [-0.05, 0) is 52.7 Å². The van der Waals surface area contributed by atoms with Crippen molar-refractivity contribution in [1.29, 1.82) is 0 Å². The molecular weight excluding hydrogens is 374 g/mol. The molecule has 2 aliphatic heterocycles. The third-order valence-corrected chi connectivity index (χ3v) is 5.36. The molecule has 2 aliphatic rings. The highest BCUT2D eigenvalue weighted by Crippen LogP contribution is 2.32. The molecule has 4 amide bonds. The van der Waals surface area contributed by atoms with Crippen molar-refractivity contribution in [3.8, 4) is 11.5 Å². The number of carbonyl (C=O) groups is 3. The molecule has 8 heteroatoms. The Labute approximate surface area is 171 Å². The Morgan fingerprint density at radius 3 is 2.07 bits per heavy atom. The molecule has 0 radical (unpaired) electrons. The molecule has 1 N–H and O–H groups in total. The highest BCUT2D eigenvalue weighted by Gasteiger charge is 2.53. The van der Waals surface area contributed by atoms with Crippen LogP contribution in [0.25, 0.3) is 0 Å². The molecule has 1 spiro atoms. The van der Waals surface area contributed by atoms with Crippen LogP contribution in [0.4, 0.5) is 4.79 Å². The second kappa shape index (κ2) is 8.31. The molecule has 158 valence electrons. The molecule has 0 unspecified atom stereocenters. The van der Waals surface area contributed by atoms with Gasteiger partial charge in [0, 0.05) is 30.8 Å². The first-order chi connectivity index (χ1) is 13.8. The summed E-state index contributed by atoms with van der Waals surface area (Å²) in [5.74, 6) is 0.837. The average Bonchev–Trinajstić information content (AvgIpc) is 2.92. The topological polar surface area (TPSA) is 88.2 Å². The number of likely N-dealkylation sites (tertiary alicyclic amines) is 1. The van der Waals surface area contributed by atoms with Crippen molar-refractivity contribution >= 4 is 17.8 Å². The standard InChI is InChI=1S/C21H29N3O5/c1-5-28-16-11-15(12-17(13-16)29-6-2)18(25)23-9-7-21(8-10-23)19(26)24(14(3)4)20(27)22-21/h11-14H,5-10H2,1-4H3,(H,22,27). The van der Waals surface area contributed by atoms with Crippen LogP contribution in [0.15, 0.2) is 18.2 Å². The van der Waals surface area contributed by atoms with Gasteiger partial charge in [-0.1, -0.05) is 0 Å². The minimum absolute atomic E-state index is 0.139. The third-order valence-electron chi connectivity index (χ3n) is 5.36. The number of hydrogen-bond donors (Lipinski definition) is 1. The van der Waals surface area contributed by atoms with Crippen molar-refractivity contribution < 1.29 is 23.9 Å². The monoisotopic (exact) mass is 403 g/mol. The predicted molar refractivity (Wildman–Crippen MR) is 107 cm³/mol. The minimum Gasteiger partial charge on any atom is -0.494 e. The summed E-state index contributed by atoms with van der Waals surface area (Å²) in [5.41, 5.74) is -0.414.